The normalized spacial score (nSPS) is 27.9. The van der Waals surface area contributed by atoms with Crippen LogP contribution in [0.25, 0.3) is 0 Å². The highest BCUT2D eigenvalue weighted by molar-refractivity contribution is 4.82. The van der Waals surface area contributed by atoms with Crippen LogP contribution in [-0.2, 0) is 0 Å². The van der Waals surface area contributed by atoms with Crippen LogP contribution in [0, 0.1) is 11.8 Å². The number of rotatable bonds is 7. The lowest BCUT2D eigenvalue weighted by atomic mass is 9.76. The fraction of sp³-hybridized carbons (Fsp3) is 1.00. The van der Waals surface area contributed by atoms with E-state index in [0.717, 1.165) is 24.4 Å². The van der Waals surface area contributed by atoms with Crippen molar-refractivity contribution in [2.24, 2.45) is 11.8 Å². The fourth-order valence-corrected chi connectivity index (χ4v) is 3.26. The van der Waals surface area contributed by atoms with E-state index in [1.807, 2.05) is 0 Å². The predicted octanol–water partition coefficient (Wildman–Crippen LogP) is 4.37. The van der Waals surface area contributed by atoms with E-state index in [9.17, 15) is 0 Å². The van der Waals surface area contributed by atoms with Crippen molar-refractivity contribution in [3.63, 3.8) is 0 Å². The zero-order valence-electron chi connectivity index (χ0n) is 11.6. The molecule has 0 amide bonds. The lowest BCUT2D eigenvalue weighted by Crippen LogP contribution is -2.38. The van der Waals surface area contributed by atoms with Gasteiger partial charge in [-0.15, -0.1) is 0 Å². The van der Waals surface area contributed by atoms with Gasteiger partial charge in [-0.05, 0) is 37.6 Å². The number of unbranched alkanes of at least 4 members (excludes halogenated alkanes) is 1. The van der Waals surface area contributed by atoms with Gasteiger partial charge in [0.15, 0.2) is 0 Å². The van der Waals surface area contributed by atoms with Crippen molar-refractivity contribution in [3.05, 3.63) is 0 Å². The number of hydrogen-bond acceptors (Lipinski definition) is 1. The highest BCUT2D eigenvalue weighted by Gasteiger charge is 2.26. The van der Waals surface area contributed by atoms with E-state index < -0.39 is 0 Å². The Kier molecular flexibility index (Phi) is 7.11. The smallest absolute Gasteiger partial charge is 0.00953 e. The molecule has 3 atom stereocenters. The van der Waals surface area contributed by atoms with E-state index in [-0.39, 0.29) is 0 Å². The third kappa shape index (κ3) is 4.45. The van der Waals surface area contributed by atoms with E-state index >= 15 is 0 Å². The average molecular weight is 225 g/mol. The molecule has 0 spiro atoms. The van der Waals surface area contributed by atoms with Gasteiger partial charge in [0.2, 0.25) is 0 Å². The zero-order chi connectivity index (χ0) is 11.8. The Morgan fingerprint density at radius 1 is 1.19 bits per heavy atom. The quantitative estimate of drug-likeness (QED) is 0.678. The molecule has 0 bridgehead atoms. The summed E-state index contributed by atoms with van der Waals surface area (Å²) < 4.78 is 0. The molecule has 0 saturated heterocycles. The molecule has 1 rings (SSSR count). The molecule has 1 N–H and O–H groups in total. The van der Waals surface area contributed by atoms with Gasteiger partial charge >= 0.3 is 0 Å². The second kappa shape index (κ2) is 8.11. The summed E-state index contributed by atoms with van der Waals surface area (Å²) in [6.45, 7) is 8.06. The first-order valence-corrected chi connectivity index (χ1v) is 7.55. The molecular formula is C15H31N. The second-order valence-corrected chi connectivity index (χ2v) is 5.51. The largest absolute Gasteiger partial charge is 0.314 e. The Bertz CT molecular complexity index is 165. The van der Waals surface area contributed by atoms with Crippen molar-refractivity contribution in [1.29, 1.82) is 0 Å². The summed E-state index contributed by atoms with van der Waals surface area (Å²) in [5, 5.41) is 3.73. The zero-order valence-corrected chi connectivity index (χ0v) is 11.6. The first-order chi connectivity index (χ1) is 7.81. The molecule has 3 unspecified atom stereocenters. The van der Waals surface area contributed by atoms with E-state index in [1.165, 1.54) is 51.4 Å². The predicted molar refractivity (Wildman–Crippen MR) is 72.7 cm³/mol. The van der Waals surface area contributed by atoms with Gasteiger partial charge in [-0.25, -0.2) is 0 Å². The molecule has 1 fully saturated rings. The van der Waals surface area contributed by atoms with Crippen LogP contribution >= 0.6 is 0 Å². The lowest BCUT2D eigenvalue weighted by molar-refractivity contribution is 0.201. The van der Waals surface area contributed by atoms with Crippen molar-refractivity contribution >= 4 is 0 Å². The Hall–Kier alpha value is -0.0400. The molecule has 0 radical (unpaired) electrons. The molecular weight excluding hydrogens is 194 g/mol. The summed E-state index contributed by atoms with van der Waals surface area (Å²) >= 11 is 0. The maximum absolute atomic E-state index is 3.73. The molecule has 0 heterocycles. The van der Waals surface area contributed by atoms with Crippen molar-refractivity contribution in [3.8, 4) is 0 Å². The molecule has 0 aliphatic heterocycles. The first-order valence-electron chi connectivity index (χ1n) is 7.55. The summed E-state index contributed by atoms with van der Waals surface area (Å²) in [6.07, 6.45) is 11.4. The number of nitrogens with one attached hydrogen (secondary N) is 1. The van der Waals surface area contributed by atoms with Crippen molar-refractivity contribution in [2.45, 2.75) is 78.2 Å². The molecule has 0 aromatic rings. The van der Waals surface area contributed by atoms with Gasteiger partial charge in [-0.3, -0.25) is 0 Å². The summed E-state index contributed by atoms with van der Waals surface area (Å²) in [4.78, 5) is 0. The van der Waals surface area contributed by atoms with Crippen LogP contribution < -0.4 is 5.32 Å². The monoisotopic (exact) mass is 225 g/mol. The highest BCUT2D eigenvalue weighted by Crippen LogP contribution is 2.34. The standard InChI is InChI=1S/C15H31N/c1-4-7-11-15(16-6-3)14-10-8-9-13(5-2)12-14/h13-16H,4-12H2,1-3H3. The van der Waals surface area contributed by atoms with Gasteiger partial charge in [-0.1, -0.05) is 52.9 Å². The summed E-state index contributed by atoms with van der Waals surface area (Å²) in [7, 11) is 0. The van der Waals surface area contributed by atoms with Gasteiger partial charge in [0.1, 0.15) is 0 Å². The Balaban J connectivity index is 2.41. The van der Waals surface area contributed by atoms with Crippen LogP contribution in [0.1, 0.15) is 72.1 Å². The van der Waals surface area contributed by atoms with Crippen molar-refractivity contribution in [2.75, 3.05) is 6.54 Å². The van der Waals surface area contributed by atoms with E-state index in [4.69, 9.17) is 0 Å². The Morgan fingerprint density at radius 3 is 2.62 bits per heavy atom. The van der Waals surface area contributed by atoms with Gasteiger partial charge in [0.25, 0.3) is 0 Å². The van der Waals surface area contributed by atoms with Crippen LogP contribution in [0.3, 0.4) is 0 Å². The molecule has 1 heteroatoms. The fourth-order valence-electron chi connectivity index (χ4n) is 3.26. The summed E-state index contributed by atoms with van der Waals surface area (Å²) in [6, 6.07) is 0.805. The maximum Gasteiger partial charge on any atom is 0.00953 e. The van der Waals surface area contributed by atoms with Crippen molar-refractivity contribution < 1.29 is 0 Å². The minimum atomic E-state index is 0.805. The van der Waals surface area contributed by atoms with Crippen LogP contribution in [0.4, 0.5) is 0 Å². The minimum Gasteiger partial charge on any atom is -0.314 e. The van der Waals surface area contributed by atoms with E-state index in [0.29, 0.717) is 0 Å². The van der Waals surface area contributed by atoms with Crippen LogP contribution in [0.2, 0.25) is 0 Å². The molecule has 0 aromatic heterocycles. The Morgan fingerprint density at radius 2 is 2.00 bits per heavy atom. The topological polar surface area (TPSA) is 12.0 Å². The molecule has 1 saturated carbocycles. The summed E-state index contributed by atoms with van der Waals surface area (Å²) in [5.41, 5.74) is 0. The van der Waals surface area contributed by atoms with Gasteiger partial charge in [0.05, 0.1) is 0 Å². The molecule has 0 aromatic carbocycles. The van der Waals surface area contributed by atoms with E-state index in [1.54, 1.807) is 0 Å². The molecule has 1 aliphatic carbocycles. The van der Waals surface area contributed by atoms with Crippen molar-refractivity contribution in [1.82, 2.24) is 5.32 Å². The maximum atomic E-state index is 3.73. The third-order valence-corrected chi connectivity index (χ3v) is 4.30. The molecule has 96 valence electrons. The number of hydrogen-bond donors (Lipinski definition) is 1. The van der Waals surface area contributed by atoms with Gasteiger partial charge in [-0.2, -0.15) is 0 Å². The third-order valence-electron chi connectivity index (χ3n) is 4.30. The molecule has 16 heavy (non-hydrogen) atoms. The SMILES string of the molecule is CCCCC(NCC)C1CCCC(CC)C1. The van der Waals surface area contributed by atoms with Gasteiger partial charge < -0.3 is 5.32 Å². The molecule has 1 aliphatic rings. The highest BCUT2D eigenvalue weighted by atomic mass is 14.9. The van der Waals surface area contributed by atoms with Crippen LogP contribution in [0.15, 0.2) is 0 Å². The minimum absolute atomic E-state index is 0.805. The van der Waals surface area contributed by atoms with Gasteiger partial charge in [0, 0.05) is 6.04 Å². The first kappa shape index (κ1) is 14.0. The Labute approximate surface area is 102 Å². The van der Waals surface area contributed by atoms with Crippen LogP contribution in [0.5, 0.6) is 0 Å². The average Bonchev–Trinajstić information content (AvgIpc) is 2.34. The molecule has 1 nitrogen and oxygen atoms in total. The summed E-state index contributed by atoms with van der Waals surface area (Å²) in [5.74, 6) is 1.98. The lowest BCUT2D eigenvalue weighted by Gasteiger charge is -2.35. The second-order valence-electron chi connectivity index (χ2n) is 5.51. The van der Waals surface area contributed by atoms with E-state index in [2.05, 4.69) is 26.1 Å². The van der Waals surface area contributed by atoms with Crippen LogP contribution in [-0.4, -0.2) is 12.6 Å².